The summed E-state index contributed by atoms with van der Waals surface area (Å²) in [6, 6.07) is 7.25. The molecule has 1 aromatic carbocycles. The minimum Gasteiger partial charge on any atom is -0.427 e. The molecule has 6 nitrogen and oxygen atoms in total. The van der Waals surface area contributed by atoms with Crippen molar-refractivity contribution < 1.29 is 28.5 Å². The number of carbonyl (C=O) groups is 1. The molecular weight excluding hydrogens is 372 g/mol. The zero-order chi connectivity index (χ0) is 22.0. The molecule has 0 spiro atoms. The summed E-state index contributed by atoms with van der Waals surface area (Å²) in [5.41, 5.74) is 0.998. The SMILES string of the molecule is C=CC.CC.CC(=O)Oc1ccc(COCC2O[C@@H](C)[C@@H]3OC(C)(C)O[C@H]23)cc1. The average Bonchev–Trinajstić information content (AvgIpc) is 3.13. The molecule has 1 unspecified atom stereocenters. The van der Waals surface area contributed by atoms with Crippen molar-refractivity contribution >= 4 is 5.97 Å². The molecule has 2 saturated heterocycles. The van der Waals surface area contributed by atoms with Crippen molar-refractivity contribution in [3.63, 3.8) is 0 Å². The molecule has 2 heterocycles. The van der Waals surface area contributed by atoms with E-state index < -0.39 is 5.79 Å². The van der Waals surface area contributed by atoms with Gasteiger partial charge in [0, 0.05) is 6.92 Å². The summed E-state index contributed by atoms with van der Waals surface area (Å²) in [6.07, 6.45) is 1.47. The first kappa shape index (κ1) is 25.3. The summed E-state index contributed by atoms with van der Waals surface area (Å²) >= 11 is 0. The van der Waals surface area contributed by atoms with Crippen molar-refractivity contribution in [2.75, 3.05) is 6.61 Å². The molecule has 6 heteroatoms. The zero-order valence-corrected chi connectivity index (χ0v) is 18.8. The smallest absolute Gasteiger partial charge is 0.308 e. The molecule has 4 atom stereocenters. The molecule has 29 heavy (non-hydrogen) atoms. The van der Waals surface area contributed by atoms with Gasteiger partial charge in [-0.2, -0.15) is 0 Å². The molecule has 0 saturated carbocycles. The van der Waals surface area contributed by atoms with Crippen LogP contribution in [0.4, 0.5) is 0 Å². The predicted molar refractivity (Wildman–Crippen MR) is 113 cm³/mol. The van der Waals surface area contributed by atoms with Gasteiger partial charge in [0.05, 0.1) is 19.3 Å². The van der Waals surface area contributed by atoms with Crippen molar-refractivity contribution in [1.82, 2.24) is 0 Å². The van der Waals surface area contributed by atoms with Gasteiger partial charge in [-0.05, 0) is 45.4 Å². The largest absolute Gasteiger partial charge is 0.427 e. The quantitative estimate of drug-likeness (QED) is 0.401. The number of esters is 1. The molecule has 0 aromatic heterocycles. The molecule has 0 amide bonds. The Bertz CT molecular complexity index is 625. The van der Waals surface area contributed by atoms with E-state index in [1.807, 2.05) is 53.7 Å². The van der Waals surface area contributed by atoms with Crippen LogP contribution in [0.1, 0.15) is 54.0 Å². The van der Waals surface area contributed by atoms with Gasteiger partial charge in [0.1, 0.15) is 24.1 Å². The van der Waals surface area contributed by atoms with E-state index in [9.17, 15) is 4.79 Å². The first-order valence-electron chi connectivity index (χ1n) is 10.2. The van der Waals surface area contributed by atoms with E-state index in [4.69, 9.17) is 23.7 Å². The lowest BCUT2D eigenvalue weighted by molar-refractivity contribution is -0.190. The van der Waals surface area contributed by atoms with E-state index >= 15 is 0 Å². The number of allylic oxidation sites excluding steroid dienone is 1. The van der Waals surface area contributed by atoms with Gasteiger partial charge in [-0.3, -0.25) is 4.79 Å². The predicted octanol–water partition coefficient (Wildman–Crippen LogP) is 4.65. The third-order valence-corrected chi connectivity index (χ3v) is 4.12. The maximum Gasteiger partial charge on any atom is 0.308 e. The molecule has 164 valence electrons. The van der Waals surface area contributed by atoms with E-state index in [1.54, 1.807) is 18.2 Å². The lowest BCUT2D eigenvalue weighted by Crippen LogP contribution is -2.32. The van der Waals surface area contributed by atoms with Crippen molar-refractivity contribution in [3.8, 4) is 5.75 Å². The highest BCUT2D eigenvalue weighted by Crippen LogP contribution is 2.38. The third-order valence-electron chi connectivity index (χ3n) is 4.12. The summed E-state index contributed by atoms with van der Waals surface area (Å²) in [7, 11) is 0. The first-order valence-corrected chi connectivity index (χ1v) is 10.2. The second kappa shape index (κ2) is 12.1. The highest BCUT2D eigenvalue weighted by molar-refractivity contribution is 5.69. The van der Waals surface area contributed by atoms with Crippen LogP contribution in [0, 0.1) is 0 Å². The normalized spacial score (nSPS) is 26.3. The van der Waals surface area contributed by atoms with Gasteiger partial charge in [-0.25, -0.2) is 0 Å². The first-order chi connectivity index (χ1) is 13.8. The Morgan fingerprint density at radius 3 is 2.28 bits per heavy atom. The Morgan fingerprint density at radius 1 is 1.17 bits per heavy atom. The number of fused-ring (bicyclic) bond motifs is 1. The van der Waals surface area contributed by atoms with E-state index in [0.717, 1.165) is 5.56 Å². The Labute approximate surface area is 175 Å². The van der Waals surface area contributed by atoms with Crippen LogP contribution in [0.3, 0.4) is 0 Å². The molecule has 2 aliphatic rings. The van der Waals surface area contributed by atoms with Crippen molar-refractivity contribution in [2.24, 2.45) is 0 Å². The maximum absolute atomic E-state index is 10.9. The van der Waals surface area contributed by atoms with Gasteiger partial charge >= 0.3 is 5.97 Å². The highest BCUT2D eigenvalue weighted by Gasteiger charge is 2.53. The number of rotatable bonds is 5. The Hall–Kier alpha value is -1.73. The van der Waals surface area contributed by atoms with Crippen molar-refractivity contribution in [2.45, 2.75) is 85.3 Å². The molecular formula is C23H36O6. The molecule has 0 bridgehead atoms. The average molecular weight is 409 g/mol. The number of carbonyl (C=O) groups excluding carboxylic acids is 1. The van der Waals surface area contributed by atoms with E-state index in [2.05, 4.69) is 6.58 Å². The van der Waals surface area contributed by atoms with Crippen molar-refractivity contribution in [1.29, 1.82) is 0 Å². The van der Waals surface area contributed by atoms with Crippen LogP contribution >= 0.6 is 0 Å². The van der Waals surface area contributed by atoms with Crippen LogP contribution in [-0.2, 0) is 30.3 Å². The lowest BCUT2D eigenvalue weighted by atomic mass is 10.1. The fourth-order valence-electron chi connectivity index (χ4n) is 3.15. The summed E-state index contributed by atoms with van der Waals surface area (Å²) < 4.78 is 28.5. The summed E-state index contributed by atoms with van der Waals surface area (Å²) in [5.74, 6) is -0.374. The van der Waals surface area contributed by atoms with Crippen LogP contribution in [0.25, 0.3) is 0 Å². The van der Waals surface area contributed by atoms with Crippen molar-refractivity contribution in [3.05, 3.63) is 42.5 Å². The second-order valence-electron chi connectivity index (χ2n) is 7.11. The van der Waals surface area contributed by atoms with Gasteiger partial charge in [-0.1, -0.05) is 32.1 Å². The summed E-state index contributed by atoms with van der Waals surface area (Å²) in [6.45, 7) is 17.4. The van der Waals surface area contributed by atoms with Crippen LogP contribution in [0.2, 0.25) is 0 Å². The molecule has 0 N–H and O–H groups in total. The molecule has 0 aliphatic carbocycles. The fourth-order valence-corrected chi connectivity index (χ4v) is 3.15. The minimum atomic E-state index is -0.571. The van der Waals surface area contributed by atoms with E-state index in [1.165, 1.54) is 6.92 Å². The molecule has 0 radical (unpaired) electrons. The van der Waals surface area contributed by atoms with E-state index in [0.29, 0.717) is 19.0 Å². The molecule has 3 rings (SSSR count). The van der Waals surface area contributed by atoms with E-state index in [-0.39, 0.29) is 30.4 Å². The fraction of sp³-hybridized carbons (Fsp3) is 0.609. The van der Waals surface area contributed by atoms with Gasteiger partial charge in [0.15, 0.2) is 5.79 Å². The minimum absolute atomic E-state index is 0.00612. The number of hydrogen-bond acceptors (Lipinski definition) is 6. The van der Waals surface area contributed by atoms with Gasteiger partial charge in [-0.15, -0.1) is 6.58 Å². The highest BCUT2D eigenvalue weighted by atomic mass is 16.8. The lowest BCUT2D eigenvalue weighted by Gasteiger charge is -2.23. The zero-order valence-electron chi connectivity index (χ0n) is 18.8. The standard InChI is InChI=1S/C18H24O6.C3H6.C2H6/c1-11-16-17(24-18(3,4)23-16)15(21-11)10-20-9-13-5-7-14(8-6-13)22-12(2)19;1-3-2;1-2/h5-8,11,15-17H,9-10H2,1-4H3;3H,1H2,2H3;1-2H3/t11-,15?,16-,17+;;/m0../s1. The Morgan fingerprint density at radius 2 is 1.72 bits per heavy atom. The van der Waals surface area contributed by atoms with Crippen LogP contribution < -0.4 is 4.74 Å². The number of hydrogen-bond donors (Lipinski definition) is 0. The monoisotopic (exact) mass is 408 g/mol. The number of ether oxygens (including phenoxy) is 5. The van der Waals surface area contributed by atoms with Crippen LogP contribution in [0.5, 0.6) is 5.75 Å². The second-order valence-corrected chi connectivity index (χ2v) is 7.11. The van der Waals surface area contributed by atoms with Gasteiger partial charge in [0.25, 0.3) is 0 Å². The maximum atomic E-state index is 10.9. The molecule has 2 aliphatic heterocycles. The molecule has 1 aromatic rings. The third kappa shape index (κ3) is 7.90. The number of benzene rings is 1. The summed E-state index contributed by atoms with van der Waals surface area (Å²) in [5, 5.41) is 0. The van der Waals surface area contributed by atoms with Crippen LogP contribution in [0.15, 0.2) is 36.9 Å². The topological polar surface area (TPSA) is 63.2 Å². The van der Waals surface area contributed by atoms with Gasteiger partial charge in [0.2, 0.25) is 0 Å². The Balaban J connectivity index is 0.000000771. The summed E-state index contributed by atoms with van der Waals surface area (Å²) in [4.78, 5) is 10.9. The van der Waals surface area contributed by atoms with Gasteiger partial charge < -0.3 is 23.7 Å². The molecule has 2 fully saturated rings. The van der Waals surface area contributed by atoms with Crippen LogP contribution in [-0.4, -0.2) is 42.8 Å². The Kier molecular flexibility index (Phi) is 10.5.